The lowest BCUT2D eigenvalue weighted by atomic mass is 9.92. The number of aromatic nitrogens is 1. The van der Waals surface area contributed by atoms with Gasteiger partial charge >= 0.3 is 0 Å². The number of nitrogens with zero attached hydrogens (tertiary/aromatic N) is 3. The zero-order valence-corrected chi connectivity index (χ0v) is 31.6. The zero-order chi connectivity index (χ0) is 37.0. The van der Waals surface area contributed by atoms with E-state index in [4.69, 9.17) is 4.74 Å². The normalized spacial score (nSPS) is 18.6. The summed E-state index contributed by atoms with van der Waals surface area (Å²) < 4.78 is 5.89. The summed E-state index contributed by atoms with van der Waals surface area (Å²) in [4.78, 5) is 73.5. The van der Waals surface area contributed by atoms with Crippen molar-refractivity contribution in [2.45, 2.75) is 109 Å². The molecule has 0 spiro atoms. The van der Waals surface area contributed by atoms with Crippen LogP contribution in [0.5, 0.6) is 0 Å². The Labute approximate surface area is 301 Å². The number of carbonyl (C=O) groups is 5. The Bertz CT molecular complexity index is 1420. The first-order valence-electron chi connectivity index (χ1n) is 17.7. The van der Waals surface area contributed by atoms with E-state index < -0.39 is 36.0 Å². The third kappa shape index (κ3) is 11.2. The fourth-order valence-electron chi connectivity index (χ4n) is 6.31. The molecule has 2 heterocycles. The van der Waals surface area contributed by atoms with Crippen molar-refractivity contribution in [1.29, 1.82) is 0 Å². The minimum Gasteiger partial charge on any atom is -0.374 e. The average Bonchev–Trinajstić information content (AvgIpc) is 3.60. The Morgan fingerprint density at radius 2 is 1.78 bits per heavy atom. The number of piperidine rings is 1. The number of ether oxygens (including phenoxy) is 1. The molecule has 12 nitrogen and oxygen atoms in total. The fraction of sp³-hybridized carbons (Fsp3) is 0.622. The number of likely N-dealkylation sites (N-methyl/N-ethyl adjacent to an activating group) is 2. The minimum absolute atomic E-state index is 0.0492. The number of thiazole rings is 1. The van der Waals surface area contributed by atoms with Crippen molar-refractivity contribution in [2.24, 2.45) is 11.8 Å². The molecule has 50 heavy (non-hydrogen) atoms. The minimum atomic E-state index is -0.932. The molecule has 7 atom stereocenters. The average molecular weight is 713 g/mol. The summed E-state index contributed by atoms with van der Waals surface area (Å²) in [6.07, 6.45) is 4.31. The van der Waals surface area contributed by atoms with E-state index in [1.165, 1.54) is 11.3 Å². The van der Waals surface area contributed by atoms with E-state index in [-0.39, 0.29) is 47.8 Å². The van der Waals surface area contributed by atoms with Gasteiger partial charge in [-0.2, -0.15) is 0 Å². The molecule has 0 bridgehead atoms. The highest BCUT2D eigenvalue weighted by Gasteiger charge is 2.37. The van der Waals surface area contributed by atoms with Crippen LogP contribution in [-0.4, -0.2) is 103 Å². The maximum Gasteiger partial charge on any atom is 0.271 e. The predicted octanol–water partition coefficient (Wildman–Crippen LogP) is 3.76. The van der Waals surface area contributed by atoms with Gasteiger partial charge in [0, 0.05) is 38.4 Å². The highest BCUT2D eigenvalue weighted by Crippen LogP contribution is 2.30. The Kier molecular flexibility index (Phi) is 16.0. The molecule has 1 aromatic heterocycles. The number of carbonyl (C=O) groups excluding carboxylic acids is 5. The number of benzene rings is 1. The first-order chi connectivity index (χ1) is 23.8. The second kappa shape index (κ2) is 19.6. The van der Waals surface area contributed by atoms with Crippen molar-refractivity contribution in [1.82, 2.24) is 30.7 Å². The van der Waals surface area contributed by atoms with E-state index in [0.29, 0.717) is 17.7 Å². The first-order valence-corrected chi connectivity index (χ1v) is 18.5. The fourth-order valence-corrected chi connectivity index (χ4v) is 7.19. The van der Waals surface area contributed by atoms with Crippen LogP contribution in [0.4, 0.5) is 0 Å². The monoisotopic (exact) mass is 712 g/mol. The van der Waals surface area contributed by atoms with Crippen molar-refractivity contribution in [2.75, 3.05) is 27.7 Å². The van der Waals surface area contributed by atoms with Crippen LogP contribution < -0.4 is 16.0 Å². The van der Waals surface area contributed by atoms with Crippen LogP contribution in [0.25, 0.3) is 0 Å². The van der Waals surface area contributed by atoms with Crippen LogP contribution in [0.3, 0.4) is 0 Å². The van der Waals surface area contributed by atoms with E-state index in [0.717, 1.165) is 37.8 Å². The van der Waals surface area contributed by atoms with Crippen LogP contribution in [0.1, 0.15) is 93.9 Å². The number of likely N-dealkylation sites (tertiary alicyclic amines) is 1. The molecule has 0 unspecified atom stereocenters. The third-order valence-corrected chi connectivity index (χ3v) is 10.6. The molecule has 1 aromatic carbocycles. The quantitative estimate of drug-likeness (QED) is 0.198. The molecule has 1 aliphatic rings. The number of amides is 4. The van der Waals surface area contributed by atoms with Gasteiger partial charge in [0.2, 0.25) is 17.7 Å². The lowest BCUT2D eigenvalue weighted by Crippen LogP contribution is -2.58. The van der Waals surface area contributed by atoms with Crippen LogP contribution in [0.2, 0.25) is 0 Å². The Balaban J connectivity index is 1.76. The number of hydrogen-bond acceptors (Lipinski definition) is 9. The second-order valence-corrected chi connectivity index (χ2v) is 14.7. The molecule has 1 aliphatic heterocycles. The van der Waals surface area contributed by atoms with Crippen molar-refractivity contribution >= 4 is 41.3 Å². The number of aldehydes is 1. The summed E-state index contributed by atoms with van der Waals surface area (Å²) in [7, 11) is 5.31. The standard InChI is InChI=1S/C37H56N6O6S/c1-9-24(4)32(41-35(47)29-17-13-14-18-42(29)6)37(48)43(7)30(23(2)3)20-31(49-8)36-40-28(22-50-36)34(46)39-27(33(45)38-25(5)21-44)19-26-15-11-10-12-16-26/h10-12,15-16,21-25,27,29-32H,9,13-14,17-20H2,1-8H3,(H,38,45)(H,39,46)(H,41,47)/t24-,25-,27-,29+,30+,31+,32-/m0/s1. The van der Waals surface area contributed by atoms with Gasteiger partial charge in [-0.1, -0.05) is 70.9 Å². The van der Waals surface area contributed by atoms with Gasteiger partial charge < -0.3 is 30.4 Å². The highest BCUT2D eigenvalue weighted by molar-refractivity contribution is 7.09. The van der Waals surface area contributed by atoms with Gasteiger partial charge in [0.25, 0.3) is 5.91 Å². The van der Waals surface area contributed by atoms with Gasteiger partial charge in [-0.25, -0.2) is 4.98 Å². The van der Waals surface area contributed by atoms with Crippen molar-refractivity contribution in [3.05, 3.63) is 52.0 Å². The smallest absolute Gasteiger partial charge is 0.271 e. The van der Waals surface area contributed by atoms with Gasteiger partial charge in [-0.05, 0) is 50.8 Å². The largest absolute Gasteiger partial charge is 0.374 e. The van der Waals surface area contributed by atoms with E-state index in [2.05, 4.69) is 25.8 Å². The van der Waals surface area contributed by atoms with Gasteiger partial charge in [-0.3, -0.25) is 24.1 Å². The van der Waals surface area contributed by atoms with Crippen LogP contribution in [0, 0.1) is 11.8 Å². The molecule has 13 heteroatoms. The van der Waals surface area contributed by atoms with Gasteiger partial charge in [-0.15, -0.1) is 11.3 Å². The molecule has 4 amide bonds. The topological polar surface area (TPSA) is 150 Å². The maximum atomic E-state index is 14.1. The van der Waals surface area contributed by atoms with Crippen LogP contribution in [-0.2, 0) is 30.3 Å². The Hall–Kier alpha value is -3.68. The lowest BCUT2D eigenvalue weighted by molar-refractivity contribution is -0.141. The summed E-state index contributed by atoms with van der Waals surface area (Å²) in [6.45, 7) is 10.5. The highest BCUT2D eigenvalue weighted by atomic mass is 32.1. The van der Waals surface area contributed by atoms with Crippen molar-refractivity contribution < 1.29 is 28.7 Å². The number of nitrogens with one attached hydrogen (secondary N) is 3. The molecule has 0 saturated carbocycles. The summed E-state index contributed by atoms with van der Waals surface area (Å²) in [5.41, 5.74) is 0.985. The third-order valence-electron chi connectivity index (χ3n) is 9.71. The van der Waals surface area contributed by atoms with E-state index in [1.54, 1.807) is 31.4 Å². The predicted molar refractivity (Wildman–Crippen MR) is 195 cm³/mol. The number of rotatable bonds is 18. The summed E-state index contributed by atoms with van der Waals surface area (Å²) in [5, 5.41) is 10.7. The summed E-state index contributed by atoms with van der Waals surface area (Å²) >= 11 is 1.27. The maximum absolute atomic E-state index is 14.1. The molecule has 0 aliphatic carbocycles. The molecular weight excluding hydrogens is 657 g/mol. The van der Waals surface area contributed by atoms with Crippen molar-refractivity contribution in [3.8, 4) is 0 Å². The summed E-state index contributed by atoms with van der Waals surface area (Å²) in [5.74, 6) is -1.27. The van der Waals surface area contributed by atoms with Crippen LogP contribution >= 0.6 is 11.3 Å². The van der Waals surface area contributed by atoms with E-state index >= 15 is 0 Å². The zero-order valence-electron chi connectivity index (χ0n) is 30.8. The summed E-state index contributed by atoms with van der Waals surface area (Å²) in [6, 6.07) is 6.49. The lowest BCUT2D eigenvalue weighted by Gasteiger charge is -2.38. The molecule has 2 aromatic rings. The number of methoxy groups -OCH3 is 1. The number of hydrogen-bond donors (Lipinski definition) is 3. The molecule has 276 valence electrons. The SMILES string of the molecule is CC[C@H](C)[C@H](NC(=O)[C@H]1CCCCN1C)C(=O)N(C)[C@H](C[C@@H](OC)c1nc(C(=O)N[C@@H](Cc2ccccc2)C(=O)N[C@@H](C)C=O)cs1)C(C)C. The first kappa shape index (κ1) is 40.7. The van der Waals surface area contributed by atoms with Gasteiger partial charge in [0.1, 0.15) is 35.2 Å². The Morgan fingerprint density at radius 1 is 1.08 bits per heavy atom. The van der Waals surface area contributed by atoms with Crippen LogP contribution in [0.15, 0.2) is 35.7 Å². The molecular formula is C37H56N6O6S. The molecule has 3 rings (SSSR count). The molecule has 1 saturated heterocycles. The van der Waals surface area contributed by atoms with Gasteiger partial charge in [0.15, 0.2) is 0 Å². The van der Waals surface area contributed by atoms with Gasteiger partial charge in [0.05, 0.1) is 12.1 Å². The van der Waals surface area contributed by atoms with E-state index in [9.17, 15) is 24.0 Å². The molecule has 0 radical (unpaired) electrons. The van der Waals surface area contributed by atoms with E-state index in [1.807, 2.05) is 65.1 Å². The second-order valence-electron chi connectivity index (χ2n) is 13.8. The molecule has 3 N–H and O–H groups in total. The van der Waals surface area contributed by atoms with Crippen molar-refractivity contribution in [3.63, 3.8) is 0 Å². The molecule has 1 fully saturated rings. The Morgan fingerprint density at radius 3 is 2.38 bits per heavy atom.